The standard InChI is InChI=1S/C10H15ClN2/c1-3-13(4-2)8-9-5-6-12-10(11)7-9/h5-7H,3-4,8H2,1-2H3. The number of aromatic nitrogens is 1. The van der Waals surface area contributed by atoms with Crippen LogP contribution in [0, 0.1) is 0 Å². The van der Waals surface area contributed by atoms with Crippen LogP contribution < -0.4 is 0 Å². The van der Waals surface area contributed by atoms with Crippen molar-refractivity contribution in [2.75, 3.05) is 13.1 Å². The number of halogens is 1. The second kappa shape index (κ2) is 5.20. The van der Waals surface area contributed by atoms with Crippen LogP contribution in [0.25, 0.3) is 0 Å². The molecule has 72 valence electrons. The second-order valence-corrected chi connectivity index (χ2v) is 3.34. The molecule has 3 heteroatoms. The first-order valence-electron chi connectivity index (χ1n) is 4.59. The van der Waals surface area contributed by atoms with Gasteiger partial charge < -0.3 is 0 Å². The summed E-state index contributed by atoms with van der Waals surface area (Å²) < 4.78 is 0. The van der Waals surface area contributed by atoms with E-state index in [0.717, 1.165) is 19.6 Å². The third-order valence-electron chi connectivity index (χ3n) is 2.09. The van der Waals surface area contributed by atoms with Crippen molar-refractivity contribution >= 4 is 11.6 Å². The minimum Gasteiger partial charge on any atom is -0.300 e. The minimum atomic E-state index is 0.574. The van der Waals surface area contributed by atoms with Gasteiger partial charge in [-0.05, 0) is 30.8 Å². The molecule has 0 amide bonds. The molecule has 0 aliphatic carbocycles. The van der Waals surface area contributed by atoms with Crippen LogP contribution in [0.15, 0.2) is 18.3 Å². The van der Waals surface area contributed by atoms with Gasteiger partial charge in [0.05, 0.1) is 0 Å². The van der Waals surface area contributed by atoms with E-state index in [2.05, 4.69) is 23.7 Å². The number of rotatable bonds is 4. The number of nitrogens with zero attached hydrogens (tertiary/aromatic N) is 2. The van der Waals surface area contributed by atoms with Crippen molar-refractivity contribution in [2.45, 2.75) is 20.4 Å². The molecule has 1 aromatic rings. The molecule has 0 aliphatic heterocycles. The van der Waals surface area contributed by atoms with Crippen molar-refractivity contribution < 1.29 is 0 Å². The predicted octanol–water partition coefficient (Wildman–Crippen LogP) is 2.58. The van der Waals surface area contributed by atoms with Crippen LogP contribution in [-0.4, -0.2) is 23.0 Å². The largest absolute Gasteiger partial charge is 0.300 e. The summed E-state index contributed by atoms with van der Waals surface area (Å²) in [6.45, 7) is 7.40. The van der Waals surface area contributed by atoms with E-state index in [1.165, 1.54) is 5.56 Å². The molecule has 0 aromatic carbocycles. The highest BCUT2D eigenvalue weighted by Crippen LogP contribution is 2.09. The van der Waals surface area contributed by atoms with Crippen molar-refractivity contribution in [1.29, 1.82) is 0 Å². The summed E-state index contributed by atoms with van der Waals surface area (Å²) in [6, 6.07) is 3.92. The van der Waals surface area contributed by atoms with Crippen molar-refractivity contribution in [3.8, 4) is 0 Å². The third-order valence-corrected chi connectivity index (χ3v) is 2.30. The van der Waals surface area contributed by atoms with E-state index in [1.54, 1.807) is 6.20 Å². The Morgan fingerprint density at radius 1 is 1.38 bits per heavy atom. The van der Waals surface area contributed by atoms with Crippen LogP contribution >= 0.6 is 11.6 Å². The Morgan fingerprint density at radius 3 is 2.62 bits per heavy atom. The fraction of sp³-hybridized carbons (Fsp3) is 0.500. The van der Waals surface area contributed by atoms with Crippen LogP contribution in [0.1, 0.15) is 19.4 Å². The fourth-order valence-electron chi connectivity index (χ4n) is 1.25. The van der Waals surface area contributed by atoms with E-state index in [1.807, 2.05) is 12.1 Å². The number of pyridine rings is 1. The lowest BCUT2D eigenvalue weighted by Gasteiger charge is -2.17. The lowest BCUT2D eigenvalue weighted by molar-refractivity contribution is 0.296. The van der Waals surface area contributed by atoms with Crippen molar-refractivity contribution in [1.82, 2.24) is 9.88 Å². The van der Waals surface area contributed by atoms with Gasteiger partial charge in [0, 0.05) is 12.7 Å². The lowest BCUT2D eigenvalue weighted by atomic mass is 10.2. The topological polar surface area (TPSA) is 16.1 Å². The summed E-state index contributed by atoms with van der Waals surface area (Å²) in [5, 5.41) is 0.574. The van der Waals surface area contributed by atoms with Gasteiger partial charge in [-0.1, -0.05) is 25.4 Å². The summed E-state index contributed by atoms with van der Waals surface area (Å²) >= 11 is 5.79. The SMILES string of the molecule is CCN(CC)Cc1ccnc(Cl)c1. The first-order valence-corrected chi connectivity index (χ1v) is 4.96. The van der Waals surface area contributed by atoms with Crippen molar-refractivity contribution in [2.24, 2.45) is 0 Å². The molecule has 0 atom stereocenters. The highest BCUT2D eigenvalue weighted by atomic mass is 35.5. The van der Waals surface area contributed by atoms with Gasteiger partial charge in [-0.3, -0.25) is 4.90 Å². The smallest absolute Gasteiger partial charge is 0.129 e. The fourth-order valence-corrected chi connectivity index (χ4v) is 1.44. The first-order chi connectivity index (χ1) is 6.26. The van der Waals surface area contributed by atoms with Crippen molar-refractivity contribution in [3.63, 3.8) is 0 Å². The molecule has 0 spiro atoms. The molecule has 1 rings (SSSR count). The number of hydrogen-bond donors (Lipinski definition) is 0. The Kier molecular flexibility index (Phi) is 4.19. The maximum absolute atomic E-state index is 5.79. The van der Waals surface area contributed by atoms with E-state index < -0.39 is 0 Å². The highest BCUT2D eigenvalue weighted by molar-refractivity contribution is 6.29. The summed E-state index contributed by atoms with van der Waals surface area (Å²) in [5.41, 5.74) is 1.23. The van der Waals surface area contributed by atoms with Crippen LogP contribution in [0.5, 0.6) is 0 Å². The van der Waals surface area contributed by atoms with Crippen LogP contribution in [0.4, 0.5) is 0 Å². The van der Waals surface area contributed by atoms with E-state index >= 15 is 0 Å². The van der Waals surface area contributed by atoms with Gasteiger partial charge in [0.2, 0.25) is 0 Å². The van der Waals surface area contributed by atoms with Crippen LogP contribution in [-0.2, 0) is 6.54 Å². The quantitative estimate of drug-likeness (QED) is 0.692. The zero-order valence-electron chi connectivity index (χ0n) is 8.13. The van der Waals surface area contributed by atoms with Gasteiger partial charge in [0.25, 0.3) is 0 Å². The summed E-state index contributed by atoms with van der Waals surface area (Å²) in [5.74, 6) is 0. The zero-order chi connectivity index (χ0) is 9.68. The summed E-state index contributed by atoms with van der Waals surface area (Å²) in [6.07, 6.45) is 1.75. The Bertz CT molecular complexity index is 259. The molecule has 2 nitrogen and oxygen atoms in total. The third kappa shape index (κ3) is 3.33. The lowest BCUT2D eigenvalue weighted by Crippen LogP contribution is -2.22. The Hall–Kier alpha value is -0.600. The van der Waals surface area contributed by atoms with Gasteiger partial charge in [0.15, 0.2) is 0 Å². The maximum atomic E-state index is 5.79. The molecule has 1 aromatic heterocycles. The second-order valence-electron chi connectivity index (χ2n) is 2.95. The van der Waals surface area contributed by atoms with Crippen LogP contribution in [0.3, 0.4) is 0 Å². The predicted molar refractivity (Wildman–Crippen MR) is 55.9 cm³/mol. The summed E-state index contributed by atoms with van der Waals surface area (Å²) in [4.78, 5) is 6.28. The van der Waals surface area contributed by atoms with E-state index in [9.17, 15) is 0 Å². The molecule has 0 saturated carbocycles. The van der Waals surface area contributed by atoms with Gasteiger partial charge in [-0.2, -0.15) is 0 Å². The van der Waals surface area contributed by atoms with Crippen molar-refractivity contribution in [3.05, 3.63) is 29.0 Å². The van der Waals surface area contributed by atoms with Crippen LogP contribution in [0.2, 0.25) is 5.15 Å². The van der Waals surface area contributed by atoms with Gasteiger partial charge >= 0.3 is 0 Å². The molecule has 1 heterocycles. The van der Waals surface area contributed by atoms with E-state index in [-0.39, 0.29) is 0 Å². The Balaban J connectivity index is 2.62. The molecule has 13 heavy (non-hydrogen) atoms. The normalized spacial score (nSPS) is 10.8. The maximum Gasteiger partial charge on any atom is 0.129 e. The first kappa shape index (κ1) is 10.5. The molecule has 0 aliphatic rings. The Morgan fingerprint density at radius 2 is 2.08 bits per heavy atom. The molecule has 0 N–H and O–H groups in total. The molecule has 0 unspecified atom stereocenters. The molecule has 0 bridgehead atoms. The molecule has 0 radical (unpaired) electrons. The Labute approximate surface area is 84.5 Å². The van der Waals surface area contributed by atoms with E-state index in [0.29, 0.717) is 5.15 Å². The van der Waals surface area contributed by atoms with Gasteiger partial charge in [-0.15, -0.1) is 0 Å². The van der Waals surface area contributed by atoms with E-state index in [4.69, 9.17) is 11.6 Å². The average molecular weight is 199 g/mol. The zero-order valence-corrected chi connectivity index (χ0v) is 8.88. The van der Waals surface area contributed by atoms with Gasteiger partial charge in [-0.25, -0.2) is 4.98 Å². The molecular weight excluding hydrogens is 184 g/mol. The monoisotopic (exact) mass is 198 g/mol. The minimum absolute atomic E-state index is 0.574. The molecule has 0 fully saturated rings. The molecule has 0 saturated heterocycles. The number of hydrogen-bond acceptors (Lipinski definition) is 2. The van der Waals surface area contributed by atoms with Gasteiger partial charge in [0.1, 0.15) is 5.15 Å². The molecular formula is C10H15ClN2. The average Bonchev–Trinajstić information content (AvgIpc) is 2.14. The summed E-state index contributed by atoms with van der Waals surface area (Å²) in [7, 11) is 0. The highest BCUT2D eigenvalue weighted by Gasteiger charge is 2.01.